The summed E-state index contributed by atoms with van der Waals surface area (Å²) in [5, 5.41) is 6.27. The lowest BCUT2D eigenvalue weighted by molar-refractivity contribution is -0.123. The third kappa shape index (κ3) is 6.36. The topological polar surface area (TPSA) is 53.6 Å². The van der Waals surface area contributed by atoms with E-state index in [4.69, 9.17) is 4.74 Å². The third-order valence-electron chi connectivity index (χ3n) is 3.90. The first kappa shape index (κ1) is 16.4. The Balaban J connectivity index is 2.10. The second-order valence-corrected chi connectivity index (χ2v) is 6.05. The lowest BCUT2D eigenvalue weighted by atomic mass is 10.0. The van der Waals surface area contributed by atoms with Crippen LogP contribution in [-0.4, -0.2) is 62.8 Å². The van der Waals surface area contributed by atoms with E-state index < -0.39 is 0 Å². The van der Waals surface area contributed by atoms with Gasteiger partial charge in [-0.3, -0.25) is 4.79 Å². The van der Waals surface area contributed by atoms with Crippen LogP contribution < -0.4 is 10.6 Å². The van der Waals surface area contributed by atoms with Gasteiger partial charge in [0.2, 0.25) is 5.91 Å². The quantitative estimate of drug-likeness (QED) is 0.712. The third-order valence-corrected chi connectivity index (χ3v) is 3.90. The molecule has 1 fully saturated rings. The maximum atomic E-state index is 11.7. The number of carbonyl (C=O) groups excluding carboxylic acids is 1. The van der Waals surface area contributed by atoms with Crippen LogP contribution >= 0.6 is 0 Å². The van der Waals surface area contributed by atoms with Crippen molar-refractivity contribution in [3.8, 4) is 0 Å². The standard InChI is InChI=1S/C14H29N3O2/c1-14(2,17(3)4)11-16-13(18)7-10-19-12-5-8-15-9-6-12/h12,15H,5-11H2,1-4H3,(H,16,18). The predicted octanol–water partition coefficient (Wildman–Crippen LogP) is 0.602. The summed E-state index contributed by atoms with van der Waals surface area (Å²) >= 11 is 0. The van der Waals surface area contributed by atoms with Gasteiger partial charge in [0.1, 0.15) is 0 Å². The highest BCUT2D eigenvalue weighted by atomic mass is 16.5. The number of likely N-dealkylation sites (N-methyl/N-ethyl adjacent to an activating group) is 1. The zero-order valence-corrected chi connectivity index (χ0v) is 12.8. The first-order valence-corrected chi connectivity index (χ1v) is 7.18. The van der Waals surface area contributed by atoms with Gasteiger partial charge >= 0.3 is 0 Å². The smallest absolute Gasteiger partial charge is 0.222 e. The Morgan fingerprint density at radius 3 is 2.58 bits per heavy atom. The molecule has 0 bridgehead atoms. The summed E-state index contributed by atoms with van der Waals surface area (Å²) in [6, 6.07) is 0. The maximum absolute atomic E-state index is 11.7. The van der Waals surface area contributed by atoms with E-state index in [1.165, 1.54) is 0 Å². The van der Waals surface area contributed by atoms with Crippen molar-refractivity contribution in [2.24, 2.45) is 0 Å². The number of hydrogen-bond acceptors (Lipinski definition) is 4. The molecule has 0 radical (unpaired) electrons. The number of rotatable bonds is 7. The fourth-order valence-corrected chi connectivity index (χ4v) is 1.84. The molecule has 5 heteroatoms. The fraction of sp³-hybridized carbons (Fsp3) is 0.929. The van der Waals surface area contributed by atoms with Crippen molar-refractivity contribution < 1.29 is 9.53 Å². The lowest BCUT2D eigenvalue weighted by Crippen LogP contribution is -2.48. The molecule has 0 aromatic carbocycles. The van der Waals surface area contributed by atoms with Gasteiger partial charge in [-0.2, -0.15) is 0 Å². The Morgan fingerprint density at radius 1 is 1.37 bits per heavy atom. The predicted molar refractivity (Wildman–Crippen MR) is 77.2 cm³/mol. The van der Waals surface area contributed by atoms with Crippen molar-refractivity contribution in [3.63, 3.8) is 0 Å². The molecule has 1 rings (SSSR count). The number of nitrogens with one attached hydrogen (secondary N) is 2. The van der Waals surface area contributed by atoms with Gasteiger partial charge in [-0.1, -0.05) is 0 Å². The van der Waals surface area contributed by atoms with Gasteiger partial charge in [-0.05, 0) is 53.9 Å². The van der Waals surface area contributed by atoms with Crippen LogP contribution in [0.5, 0.6) is 0 Å². The summed E-state index contributed by atoms with van der Waals surface area (Å²) in [6.07, 6.45) is 2.88. The average molecular weight is 271 g/mol. The summed E-state index contributed by atoms with van der Waals surface area (Å²) in [5.74, 6) is 0.0730. The minimum Gasteiger partial charge on any atom is -0.378 e. The molecular formula is C14H29N3O2. The number of amides is 1. The highest BCUT2D eigenvalue weighted by Gasteiger charge is 2.21. The van der Waals surface area contributed by atoms with Crippen molar-refractivity contribution in [1.82, 2.24) is 15.5 Å². The van der Waals surface area contributed by atoms with Crippen molar-refractivity contribution in [3.05, 3.63) is 0 Å². The molecule has 0 atom stereocenters. The van der Waals surface area contributed by atoms with Crippen molar-refractivity contribution in [2.75, 3.05) is 40.3 Å². The molecule has 1 aliphatic heterocycles. The molecule has 5 nitrogen and oxygen atoms in total. The summed E-state index contributed by atoms with van der Waals surface area (Å²) in [7, 11) is 4.04. The molecule has 0 aliphatic carbocycles. The van der Waals surface area contributed by atoms with E-state index in [0.717, 1.165) is 25.9 Å². The minimum atomic E-state index is -0.0223. The van der Waals surface area contributed by atoms with Gasteiger partial charge in [0.25, 0.3) is 0 Å². The van der Waals surface area contributed by atoms with Gasteiger partial charge < -0.3 is 20.3 Å². The summed E-state index contributed by atoms with van der Waals surface area (Å²) < 4.78 is 5.72. The van der Waals surface area contributed by atoms with E-state index in [0.29, 0.717) is 25.7 Å². The number of ether oxygens (including phenoxy) is 1. The van der Waals surface area contributed by atoms with E-state index in [-0.39, 0.29) is 11.4 Å². The Labute approximate surface area is 117 Å². The van der Waals surface area contributed by atoms with Crippen LogP contribution in [-0.2, 0) is 9.53 Å². The van der Waals surface area contributed by atoms with Crippen LogP contribution in [0.2, 0.25) is 0 Å². The number of carbonyl (C=O) groups is 1. The van der Waals surface area contributed by atoms with Gasteiger partial charge in [-0.15, -0.1) is 0 Å². The molecule has 0 aromatic heterocycles. The molecule has 1 heterocycles. The monoisotopic (exact) mass is 271 g/mol. The Morgan fingerprint density at radius 2 is 2.00 bits per heavy atom. The van der Waals surface area contributed by atoms with Crippen LogP contribution in [0.15, 0.2) is 0 Å². The second kappa shape index (κ2) is 7.82. The number of piperidine rings is 1. The van der Waals surface area contributed by atoms with Crippen LogP contribution in [0.1, 0.15) is 33.1 Å². The fourth-order valence-electron chi connectivity index (χ4n) is 1.84. The minimum absolute atomic E-state index is 0.0223. The zero-order valence-electron chi connectivity index (χ0n) is 12.8. The van der Waals surface area contributed by atoms with Crippen molar-refractivity contribution in [2.45, 2.75) is 44.8 Å². The maximum Gasteiger partial charge on any atom is 0.222 e. The first-order chi connectivity index (χ1) is 8.92. The van der Waals surface area contributed by atoms with Gasteiger partial charge in [0.05, 0.1) is 12.7 Å². The summed E-state index contributed by atoms with van der Waals surface area (Å²) in [6.45, 7) is 7.45. The van der Waals surface area contributed by atoms with Gasteiger partial charge in [0, 0.05) is 18.5 Å². The van der Waals surface area contributed by atoms with Crippen LogP contribution in [0.25, 0.3) is 0 Å². The highest BCUT2D eigenvalue weighted by Crippen LogP contribution is 2.09. The molecule has 1 aliphatic rings. The molecule has 0 saturated carbocycles. The van der Waals surface area contributed by atoms with Crippen LogP contribution in [0, 0.1) is 0 Å². The molecule has 0 unspecified atom stereocenters. The zero-order chi connectivity index (χ0) is 14.3. The molecule has 112 valence electrons. The molecule has 0 spiro atoms. The number of nitrogens with zero attached hydrogens (tertiary/aromatic N) is 1. The lowest BCUT2D eigenvalue weighted by Gasteiger charge is -2.32. The normalized spacial score (nSPS) is 17.7. The summed E-state index contributed by atoms with van der Waals surface area (Å²) in [5.41, 5.74) is -0.0223. The SMILES string of the molecule is CN(C)C(C)(C)CNC(=O)CCOC1CCNCC1. The van der Waals surface area contributed by atoms with E-state index >= 15 is 0 Å². The molecule has 1 amide bonds. The van der Waals surface area contributed by atoms with Crippen molar-refractivity contribution >= 4 is 5.91 Å². The van der Waals surface area contributed by atoms with E-state index in [1.807, 2.05) is 14.1 Å². The van der Waals surface area contributed by atoms with Gasteiger partial charge in [-0.25, -0.2) is 0 Å². The molecule has 0 aromatic rings. The second-order valence-electron chi connectivity index (χ2n) is 6.05. The molecule has 2 N–H and O–H groups in total. The number of hydrogen-bond donors (Lipinski definition) is 2. The van der Waals surface area contributed by atoms with Crippen LogP contribution in [0.3, 0.4) is 0 Å². The first-order valence-electron chi connectivity index (χ1n) is 7.18. The van der Waals surface area contributed by atoms with Crippen LogP contribution in [0.4, 0.5) is 0 Å². The Bertz CT molecular complexity index is 274. The van der Waals surface area contributed by atoms with E-state index in [1.54, 1.807) is 0 Å². The summed E-state index contributed by atoms with van der Waals surface area (Å²) in [4.78, 5) is 13.8. The molecule has 19 heavy (non-hydrogen) atoms. The molecular weight excluding hydrogens is 242 g/mol. The Hall–Kier alpha value is -0.650. The van der Waals surface area contributed by atoms with E-state index in [9.17, 15) is 4.79 Å². The average Bonchev–Trinajstić information content (AvgIpc) is 2.37. The van der Waals surface area contributed by atoms with E-state index in [2.05, 4.69) is 29.4 Å². The van der Waals surface area contributed by atoms with Gasteiger partial charge in [0.15, 0.2) is 0 Å². The molecule has 1 saturated heterocycles. The largest absolute Gasteiger partial charge is 0.378 e. The Kier molecular flexibility index (Phi) is 6.75. The highest BCUT2D eigenvalue weighted by molar-refractivity contribution is 5.76. The van der Waals surface area contributed by atoms with Crippen molar-refractivity contribution in [1.29, 1.82) is 0 Å².